The fourth-order valence-corrected chi connectivity index (χ4v) is 9.74. The maximum atomic E-state index is 5.33. The van der Waals surface area contributed by atoms with Crippen molar-refractivity contribution in [2.24, 2.45) is 0 Å². The van der Waals surface area contributed by atoms with E-state index < -0.39 is 0 Å². The molecular weight excluding hydrogens is 821 g/mol. The smallest absolute Gasteiger partial charge is 0.236 e. The second-order valence-electron chi connectivity index (χ2n) is 17.5. The van der Waals surface area contributed by atoms with E-state index in [1.54, 1.807) is 0 Å². The van der Waals surface area contributed by atoms with Crippen molar-refractivity contribution in [1.82, 2.24) is 60.2 Å². The van der Waals surface area contributed by atoms with Gasteiger partial charge < -0.3 is 24.8 Å². The molecule has 8 heterocycles. The van der Waals surface area contributed by atoms with E-state index >= 15 is 0 Å². The average molecular weight is 870 g/mol. The predicted octanol–water partition coefficient (Wildman–Crippen LogP) is 9.74. The summed E-state index contributed by atoms with van der Waals surface area (Å²) in [5.41, 5.74) is 18.9. The van der Waals surface area contributed by atoms with Gasteiger partial charge in [-0.3, -0.25) is 15.2 Å². The molecule has 1 saturated heterocycles. The molecule has 14 nitrogen and oxygen atoms in total. The SMILES string of the molecule is CCNCc1c[n+](-c2ccc(-n3cnc(C)c3)c3nc(-c4n[nH]c5ccc(-c6cnccc6C)cc45)[nH]c23)cc(-c2ccc3[nH]nc(-c4nc5c(N6CCCCC6)cccc5[nH]4)c3c2)c1C. The van der Waals surface area contributed by atoms with Crippen LogP contribution >= 0.6 is 0 Å². The van der Waals surface area contributed by atoms with Crippen LogP contribution in [-0.2, 0) is 6.54 Å². The van der Waals surface area contributed by atoms with Gasteiger partial charge in [0, 0.05) is 71.8 Å². The second-order valence-corrected chi connectivity index (χ2v) is 17.5. The minimum atomic E-state index is 0.661. The number of H-pyrrole nitrogens is 4. The quantitative estimate of drug-likeness (QED) is 0.0848. The van der Waals surface area contributed by atoms with Crippen molar-refractivity contribution in [2.75, 3.05) is 24.5 Å². The van der Waals surface area contributed by atoms with E-state index in [0.29, 0.717) is 12.4 Å². The maximum absolute atomic E-state index is 5.33. The number of anilines is 1. The lowest BCUT2D eigenvalue weighted by molar-refractivity contribution is -0.594. The van der Waals surface area contributed by atoms with Gasteiger partial charge in [-0.2, -0.15) is 14.8 Å². The van der Waals surface area contributed by atoms with Crippen molar-refractivity contribution in [1.29, 1.82) is 0 Å². The van der Waals surface area contributed by atoms with Crippen LogP contribution in [0.25, 0.3) is 101 Å². The monoisotopic (exact) mass is 869 g/mol. The van der Waals surface area contributed by atoms with Crippen LogP contribution in [-0.4, -0.2) is 74.5 Å². The van der Waals surface area contributed by atoms with Crippen molar-refractivity contribution in [3.05, 3.63) is 132 Å². The maximum Gasteiger partial charge on any atom is 0.236 e. The number of piperidine rings is 1. The van der Waals surface area contributed by atoms with Crippen molar-refractivity contribution < 1.29 is 4.57 Å². The Balaban J connectivity index is 1.00. The zero-order chi connectivity index (χ0) is 44.5. The lowest BCUT2D eigenvalue weighted by Crippen LogP contribution is -2.33. The van der Waals surface area contributed by atoms with E-state index in [4.69, 9.17) is 20.2 Å². The first-order chi connectivity index (χ1) is 32.4. The standard InChI is InChI=1S/C52H49N14/c1-5-53-24-35-27-65(28-39(32(35)4)34-13-15-41-37(23-34)46(62-60-41)51-56-42-10-9-11-43(48(42)57-51)64-20-7-6-8-21-64)44-16-17-45(66-26-31(3)55-29-66)50-49(44)58-52(59-50)47-36-22-33(12-14-40(36)61-63-47)38-25-54-19-18-30(38)2/h9-19,22-23,25-29,53H,5-8,20-21,24H2,1-4H3,(H,56,57)(H,58,59)(H,60,62)(H,61,63)/q+1. The minimum Gasteiger partial charge on any atom is -0.370 e. The van der Waals surface area contributed by atoms with E-state index in [2.05, 4.69) is 145 Å². The van der Waals surface area contributed by atoms with Crippen molar-refractivity contribution in [3.8, 4) is 56.7 Å². The first kappa shape index (κ1) is 39.6. The predicted molar refractivity (Wildman–Crippen MR) is 261 cm³/mol. The third-order valence-electron chi connectivity index (χ3n) is 13.3. The highest BCUT2D eigenvalue weighted by molar-refractivity contribution is 5.99. The summed E-state index contributed by atoms with van der Waals surface area (Å²) < 4.78 is 4.27. The zero-order valence-electron chi connectivity index (χ0n) is 37.4. The van der Waals surface area contributed by atoms with Crippen molar-refractivity contribution in [3.63, 3.8) is 0 Å². The largest absolute Gasteiger partial charge is 0.370 e. The van der Waals surface area contributed by atoms with Gasteiger partial charge in [0.05, 0.1) is 39.9 Å². The summed E-state index contributed by atoms with van der Waals surface area (Å²) in [6, 6.07) is 25.6. The third-order valence-corrected chi connectivity index (χ3v) is 13.3. The molecule has 326 valence electrons. The number of hydrogen-bond acceptors (Lipinski definition) is 8. The summed E-state index contributed by atoms with van der Waals surface area (Å²) in [5, 5.41) is 21.8. The number of pyridine rings is 2. The average Bonchev–Trinajstić information content (AvgIpc) is 4.21. The number of rotatable bonds is 10. The Morgan fingerprint density at radius 3 is 2.20 bits per heavy atom. The number of aromatic nitrogens is 12. The van der Waals surface area contributed by atoms with Gasteiger partial charge in [-0.15, -0.1) is 0 Å². The first-order valence-electron chi connectivity index (χ1n) is 22.8. The van der Waals surface area contributed by atoms with Crippen LogP contribution in [0.3, 0.4) is 0 Å². The molecular formula is C52H49N14+. The number of imidazole rings is 3. The number of nitrogens with one attached hydrogen (secondary N) is 5. The number of fused-ring (bicyclic) bond motifs is 4. The Morgan fingerprint density at radius 1 is 0.727 bits per heavy atom. The summed E-state index contributed by atoms with van der Waals surface area (Å²) in [5.74, 6) is 1.42. The summed E-state index contributed by atoms with van der Waals surface area (Å²) in [7, 11) is 0. The minimum absolute atomic E-state index is 0.661. The van der Waals surface area contributed by atoms with E-state index in [1.165, 1.54) is 36.1 Å². The van der Waals surface area contributed by atoms with Gasteiger partial charge in [0.15, 0.2) is 24.0 Å². The van der Waals surface area contributed by atoms with Crippen molar-refractivity contribution in [2.45, 2.75) is 53.5 Å². The Morgan fingerprint density at radius 2 is 1.47 bits per heavy atom. The first-order valence-corrected chi connectivity index (χ1v) is 22.8. The lowest BCUT2D eigenvalue weighted by Gasteiger charge is -2.28. The normalized spacial score (nSPS) is 13.3. The van der Waals surface area contributed by atoms with Gasteiger partial charge >= 0.3 is 0 Å². The molecule has 11 aromatic rings. The molecule has 1 aliphatic rings. The summed E-state index contributed by atoms with van der Waals surface area (Å²) >= 11 is 0. The van der Waals surface area contributed by atoms with Crippen LogP contribution in [0, 0.1) is 20.8 Å². The highest BCUT2D eigenvalue weighted by atomic mass is 15.2. The highest BCUT2D eigenvalue weighted by Gasteiger charge is 2.26. The molecule has 0 radical (unpaired) electrons. The third kappa shape index (κ3) is 6.71. The van der Waals surface area contributed by atoms with Gasteiger partial charge in [-0.1, -0.05) is 25.1 Å². The summed E-state index contributed by atoms with van der Waals surface area (Å²) in [6.45, 7) is 12.1. The molecule has 1 aliphatic heterocycles. The Labute approximate surface area is 380 Å². The molecule has 4 aromatic carbocycles. The molecule has 0 amide bonds. The summed E-state index contributed by atoms with van der Waals surface area (Å²) in [6.07, 6.45) is 15.8. The number of para-hydroxylation sites is 1. The van der Waals surface area contributed by atoms with Crippen LogP contribution in [0.4, 0.5) is 5.69 Å². The molecule has 12 rings (SSSR count). The number of benzene rings is 4. The van der Waals surface area contributed by atoms with Crippen LogP contribution in [0.2, 0.25) is 0 Å². The van der Waals surface area contributed by atoms with Crippen LogP contribution in [0.15, 0.2) is 110 Å². The number of nitrogens with zero attached hydrogens (tertiary/aromatic N) is 9. The molecule has 0 saturated carbocycles. The van der Waals surface area contributed by atoms with E-state index in [9.17, 15) is 0 Å². The van der Waals surface area contributed by atoms with Crippen LogP contribution in [0.1, 0.15) is 48.6 Å². The van der Waals surface area contributed by atoms with Gasteiger partial charge in [0.1, 0.15) is 27.9 Å². The van der Waals surface area contributed by atoms with E-state index in [1.807, 2.05) is 42.5 Å². The van der Waals surface area contributed by atoms with Crippen LogP contribution < -0.4 is 14.8 Å². The molecule has 7 aromatic heterocycles. The molecule has 0 unspecified atom stereocenters. The molecule has 5 N–H and O–H groups in total. The topological polar surface area (TPSA) is 165 Å². The Bertz CT molecular complexity index is 3630. The molecule has 1 fully saturated rings. The lowest BCUT2D eigenvalue weighted by atomic mass is 9.97. The molecule has 0 spiro atoms. The highest BCUT2D eigenvalue weighted by Crippen LogP contribution is 2.37. The molecule has 0 atom stereocenters. The fourth-order valence-electron chi connectivity index (χ4n) is 9.74. The zero-order valence-corrected chi connectivity index (χ0v) is 37.4. The van der Waals surface area contributed by atoms with Crippen LogP contribution in [0.5, 0.6) is 0 Å². The Hall–Kier alpha value is -7.97. The van der Waals surface area contributed by atoms with Gasteiger partial charge in [0.2, 0.25) is 5.69 Å². The number of aromatic amines is 4. The van der Waals surface area contributed by atoms with Gasteiger partial charge in [-0.25, -0.2) is 15.0 Å². The molecule has 0 aliphatic carbocycles. The number of hydrogen-bond donors (Lipinski definition) is 5. The van der Waals surface area contributed by atoms with E-state index in [0.717, 1.165) is 126 Å². The molecule has 0 bridgehead atoms. The summed E-state index contributed by atoms with van der Waals surface area (Å²) in [4.78, 5) is 29.4. The fraction of sp³-hybridized carbons (Fsp3) is 0.212. The number of aryl methyl sites for hydroxylation is 2. The van der Waals surface area contributed by atoms with Gasteiger partial charge in [0.25, 0.3) is 0 Å². The van der Waals surface area contributed by atoms with E-state index in [-0.39, 0.29) is 0 Å². The second kappa shape index (κ2) is 15.9. The van der Waals surface area contributed by atoms with Gasteiger partial charge in [-0.05, 0) is 117 Å². The van der Waals surface area contributed by atoms with Crippen molar-refractivity contribution >= 4 is 49.6 Å². The molecule has 14 heteroatoms. The Kier molecular flexibility index (Phi) is 9.56. The molecule has 66 heavy (non-hydrogen) atoms.